The van der Waals surface area contributed by atoms with Gasteiger partial charge < -0.3 is 25.6 Å². The number of likely N-dealkylation sites (tertiary alicyclic amines) is 1. The standard InChI is InChI=1S/C24H30N6O5S/c1-14(2)19(23(33)35-3)29-21(31)20-17(8-11-30(20)22(32)18-13-25-9-10-26-18)28-24(34)27-15-6-5-7-16(12-15)36-4/h5-7,9-10,12-14,17,19-20H,8,11H2,1-4H3,(H,29,31)(H2,27,28,34). The minimum absolute atomic E-state index is 0.0719. The number of nitrogens with zero attached hydrogens (tertiary/aromatic N) is 3. The Kier molecular flexibility index (Phi) is 9.23. The van der Waals surface area contributed by atoms with E-state index in [0.29, 0.717) is 12.1 Å². The summed E-state index contributed by atoms with van der Waals surface area (Å²) in [5.41, 5.74) is 0.666. The zero-order valence-electron chi connectivity index (χ0n) is 20.6. The Morgan fingerprint density at radius 3 is 2.61 bits per heavy atom. The van der Waals surface area contributed by atoms with Crippen LogP contribution in [0.4, 0.5) is 10.5 Å². The molecular weight excluding hydrogens is 484 g/mol. The van der Waals surface area contributed by atoms with Gasteiger partial charge in [0.25, 0.3) is 5.91 Å². The SMILES string of the molecule is COC(=O)C(NC(=O)C1C(NC(=O)Nc2cccc(SC)c2)CCN1C(=O)c1cnccn1)C(C)C. The Balaban J connectivity index is 1.82. The van der Waals surface area contributed by atoms with Gasteiger partial charge in [0.05, 0.1) is 19.3 Å². The average Bonchev–Trinajstić information content (AvgIpc) is 3.29. The minimum Gasteiger partial charge on any atom is -0.467 e. The first kappa shape index (κ1) is 26.9. The zero-order valence-corrected chi connectivity index (χ0v) is 21.4. The molecule has 0 radical (unpaired) electrons. The van der Waals surface area contributed by atoms with Crippen LogP contribution in [0.5, 0.6) is 0 Å². The van der Waals surface area contributed by atoms with Crippen LogP contribution in [0.15, 0.2) is 47.8 Å². The van der Waals surface area contributed by atoms with Crippen LogP contribution in [0, 0.1) is 5.92 Å². The lowest BCUT2D eigenvalue weighted by atomic mass is 10.0. The number of anilines is 1. The fourth-order valence-corrected chi connectivity index (χ4v) is 4.41. The highest BCUT2D eigenvalue weighted by Gasteiger charge is 2.44. The molecule has 1 aliphatic rings. The van der Waals surface area contributed by atoms with Crippen LogP contribution in [0.25, 0.3) is 0 Å². The van der Waals surface area contributed by atoms with E-state index in [0.717, 1.165) is 4.90 Å². The molecule has 3 N–H and O–H groups in total. The van der Waals surface area contributed by atoms with Gasteiger partial charge in [-0.05, 0) is 36.8 Å². The van der Waals surface area contributed by atoms with Crippen molar-refractivity contribution in [2.75, 3.05) is 25.2 Å². The number of amides is 4. The Morgan fingerprint density at radius 2 is 1.97 bits per heavy atom. The molecule has 12 heteroatoms. The molecule has 36 heavy (non-hydrogen) atoms. The van der Waals surface area contributed by atoms with Gasteiger partial charge in [0, 0.05) is 29.5 Å². The number of urea groups is 1. The molecule has 1 fully saturated rings. The summed E-state index contributed by atoms with van der Waals surface area (Å²) in [6.07, 6.45) is 6.40. The third kappa shape index (κ3) is 6.51. The lowest BCUT2D eigenvalue weighted by Crippen LogP contribution is -2.58. The normalized spacial score (nSPS) is 17.9. The summed E-state index contributed by atoms with van der Waals surface area (Å²) in [7, 11) is 1.24. The lowest BCUT2D eigenvalue weighted by Gasteiger charge is -2.29. The monoisotopic (exact) mass is 514 g/mol. The molecular formula is C24H30N6O5S. The number of nitrogens with one attached hydrogen (secondary N) is 3. The number of ether oxygens (including phenoxy) is 1. The highest BCUT2D eigenvalue weighted by Crippen LogP contribution is 2.23. The number of methoxy groups -OCH3 is 1. The van der Waals surface area contributed by atoms with Crippen LogP contribution in [-0.2, 0) is 14.3 Å². The first-order chi connectivity index (χ1) is 17.2. The first-order valence-electron chi connectivity index (χ1n) is 11.4. The van der Waals surface area contributed by atoms with Crippen molar-refractivity contribution in [3.05, 3.63) is 48.5 Å². The topological polar surface area (TPSA) is 143 Å². The number of esters is 1. The van der Waals surface area contributed by atoms with Crippen LogP contribution in [0.1, 0.15) is 30.8 Å². The Morgan fingerprint density at radius 1 is 1.19 bits per heavy atom. The molecule has 1 aromatic heterocycles. The van der Waals surface area contributed by atoms with E-state index in [1.54, 1.807) is 31.7 Å². The zero-order chi connectivity index (χ0) is 26.2. The van der Waals surface area contributed by atoms with Gasteiger partial charge in [-0.25, -0.2) is 14.6 Å². The molecule has 0 aliphatic carbocycles. The van der Waals surface area contributed by atoms with E-state index in [1.165, 1.54) is 30.6 Å². The molecule has 0 spiro atoms. The summed E-state index contributed by atoms with van der Waals surface area (Å²) in [5, 5.41) is 8.28. The number of aromatic nitrogens is 2. The van der Waals surface area contributed by atoms with Crippen molar-refractivity contribution < 1.29 is 23.9 Å². The molecule has 1 saturated heterocycles. The molecule has 3 unspecified atom stereocenters. The molecule has 3 atom stereocenters. The summed E-state index contributed by atoms with van der Waals surface area (Å²) in [4.78, 5) is 62.0. The molecule has 2 heterocycles. The van der Waals surface area contributed by atoms with Crippen molar-refractivity contribution in [3.63, 3.8) is 0 Å². The highest BCUT2D eigenvalue weighted by atomic mass is 32.2. The molecule has 1 aliphatic heterocycles. The fraction of sp³-hybridized carbons (Fsp3) is 0.417. The quantitative estimate of drug-likeness (QED) is 0.358. The van der Waals surface area contributed by atoms with E-state index in [4.69, 9.17) is 4.74 Å². The van der Waals surface area contributed by atoms with Crippen molar-refractivity contribution in [3.8, 4) is 0 Å². The maximum absolute atomic E-state index is 13.4. The first-order valence-corrected chi connectivity index (χ1v) is 12.6. The summed E-state index contributed by atoms with van der Waals surface area (Å²) < 4.78 is 4.82. The van der Waals surface area contributed by atoms with E-state index >= 15 is 0 Å². The maximum Gasteiger partial charge on any atom is 0.328 e. The molecule has 4 amide bonds. The van der Waals surface area contributed by atoms with Gasteiger partial charge in [0.2, 0.25) is 5.91 Å². The second-order valence-electron chi connectivity index (χ2n) is 8.51. The fourth-order valence-electron chi connectivity index (χ4n) is 3.95. The van der Waals surface area contributed by atoms with Gasteiger partial charge in [-0.15, -0.1) is 11.8 Å². The number of benzene rings is 1. The van der Waals surface area contributed by atoms with Crippen molar-refractivity contribution in [1.29, 1.82) is 0 Å². The van der Waals surface area contributed by atoms with Crippen molar-refractivity contribution in [2.24, 2.45) is 5.92 Å². The van der Waals surface area contributed by atoms with Crippen LogP contribution in [0.2, 0.25) is 0 Å². The van der Waals surface area contributed by atoms with E-state index in [2.05, 4.69) is 25.9 Å². The van der Waals surface area contributed by atoms with Gasteiger partial charge in [0.1, 0.15) is 17.8 Å². The van der Waals surface area contributed by atoms with Crippen LogP contribution < -0.4 is 16.0 Å². The van der Waals surface area contributed by atoms with Gasteiger partial charge in [-0.2, -0.15) is 0 Å². The Bertz CT molecular complexity index is 1100. The van der Waals surface area contributed by atoms with Crippen LogP contribution >= 0.6 is 11.8 Å². The summed E-state index contributed by atoms with van der Waals surface area (Å²) in [6.45, 7) is 3.74. The largest absolute Gasteiger partial charge is 0.467 e. The molecule has 0 bridgehead atoms. The summed E-state index contributed by atoms with van der Waals surface area (Å²) in [6, 6.07) is 4.12. The second-order valence-corrected chi connectivity index (χ2v) is 9.39. The lowest BCUT2D eigenvalue weighted by molar-refractivity contribution is -0.146. The highest BCUT2D eigenvalue weighted by molar-refractivity contribution is 7.98. The van der Waals surface area contributed by atoms with E-state index in [9.17, 15) is 19.2 Å². The predicted molar refractivity (Wildman–Crippen MR) is 134 cm³/mol. The molecule has 192 valence electrons. The average molecular weight is 515 g/mol. The number of hydrogen-bond acceptors (Lipinski definition) is 8. The minimum atomic E-state index is -1.08. The van der Waals surface area contributed by atoms with Gasteiger partial charge >= 0.3 is 12.0 Å². The molecule has 1 aromatic carbocycles. The van der Waals surface area contributed by atoms with Crippen molar-refractivity contribution in [1.82, 2.24) is 25.5 Å². The van der Waals surface area contributed by atoms with Crippen LogP contribution in [-0.4, -0.2) is 76.7 Å². The van der Waals surface area contributed by atoms with Crippen molar-refractivity contribution >= 4 is 41.3 Å². The molecule has 11 nitrogen and oxygen atoms in total. The second kappa shape index (κ2) is 12.3. The Hall–Kier alpha value is -3.67. The number of carbonyl (C=O) groups excluding carboxylic acids is 4. The van der Waals surface area contributed by atoms with Gasteiger partial charge in [-0.1, -0.05) is 19.9 Å². The third-order valence-corrected chi connectivity index (χ3v) is 6.50. The maximum atomic E-state index is 13.4. The number of carbonyl (C=O) groups is 4. The molecule has 3 rings (SSSR count). The number of hydrogen-bond donors (Lipinski definition) is 3. The van der Waals surface area contributed by atoms with Gasteiger partial charge in [0.15, 0.2) is 0 Å². The number of rotatable bonds is 8. The predicted octanol–water partition coefficient (Wildman–Crippen LogP) is 1.92. The molecule has 2 aromatic rings. The van der Waals surface area contributed by atoms with Crippen LogP contribution in [0.3, 0.4) is 0 Å². The van der Waals surface area contributed by atoms with Gasteiger partial charge in [-0.3, -0.25) is 14.6 Å². The Labute approximate surface area is 213 Å². The van der Waals surface area contributed by atoms with Crippen molar-refractivity contribution in [2.45, 2.75) is 43.3 Å². The number of thioether (sulfide) groups is 1. The van der Waals surface area contributed by atoms with E-state index in [-0.39, 0.29) is 18.2 Å². The molecule has 0 saturated carbocycles. The van der Waals surface area contributed by atoms with E-state index < -0.39 is 41.9 Å². The summed E-state index contributed by atoms with van der Waals surface area (Å²) >= 11 is 1.54. The van der Waals surface area contributed by atoms with E-state index in [1.807, 2.05) is 24.5 Å². The third-order valence-electron chi connectivity index (χ3n) is 5.77. The smallest absolute Gasteiger partial charge is 0.328 e. The summed E-state index contributed by atoms with van der Waals surface area (Å²) in [5.74, 6) is -1.94.